The van der Waals surface area contributed by atoms with Crippen molar-refractivity contribution < 1.29 is 8.42 Å². The molecule has 0 atom stereocenters. The molecule has 0 unspecified atom stereocenters. The predicted octanol–water partition coefficient (Wildman–Crippen LogP) is 3.06. The molecule has 2 heterocycles. The molecular weight excluding hydrogens is 362 g/mol. The Balaban J connectivity index is 2.33. The lowest BCUT2D eigenvalue weighted by molar-refractivity contribution is 0.601. The van der Waals surface area contributed by atoms with Crippen molar-refractivity contribution in [3.8, 4) is 0 Å². The molecule has 2 aromatic rings. The fraction of sp³-hybridized carbons (Fsp3) is 0.111. The van der Waals surface area contributed by atoms with Gasteiger partial charge in [0.15, 0.2) is 5.82 Å². The van der Waals surface area contributed by atoms with E-state index in [0.717, 1.165) is 3.79 Å². The highest BCUT2D eigenvalue weighted by atomic mass is 79.9. The van der Waals surface area contributed by atoms with Crippen LogP contribution in [0.3, 0.4) is 0 Å². The largest absolute Gasteiger partial charge is 0.264 e. The summed E-state index contributed by atoms with van der Waals surface area (Å²) in [6, 6.07) is 1.55. The van der Waals surface area contributed by atoms with E-state index in [4.69, 9.17) is 11.6 Å². The van der Waals surface area contributed by atoms with E-state index in [1.54, 1.807) is 13.0 Å². The molecule has 1 N–H and O–H groups in total. The van der Waals surface area contributed by atoms with Crippen molar-refractivity contribution in [2.45, 2.75) is 11.8 Å². The standard InChI is InChI=1S/C9H7BrClN3O2S2/c1-5-6(2-7(10)17-5)18(15,16)14-9-4-12-8(11)3-13-9/h2-4H,1H3,(H,13,14). The van der Waals surface area contributed by atoms with Crippen molar-refractivity contribution in [3.05, 3.63) is 32.3 Å². The van der Waals surface area contributed by atoms with Crippen LogP contribution in [0.2, 0.25) is 5.15 Å². The van der Waals surface area contributed by atoms with Crippen molar-refractivity contribution in [2.75, 3.05) is 4.72 Å². The molecule has 9 heteroatoms. The lowest BCUT2D eigenvalue weighted by Gasteiger charge is -2.05. The molecule has 0 amide bonds. The Morgan fingerprint density at radius 1 is 1.39 bits per heavy atom. The Labute approximate surface area is 121 Å². The summed E-state index contributed by atoms with van der Waals surface area (Å²) >= 11 is 10.2. The highest BCUT2D eigenvalue weighted by Crippen LogP contribution is 2.30. The molecule has 2 aromatic heterocycles. The number of nitrogens with zero attached hydrogens (tertiary/aromatic N) is 2. The second-order valence-electron chi connectivity index (χ2n) is 3.30. The van der Waals surface area contributed by atoms with Crippen molar-refractivity contribution in [3.63, 3.8) is 0 Å². The first-order valence-electron chi connectivity index (χ1n) is 4.65. The summed E-state index contributed by atoms with van der Waals surface area (Å²) < 4.78 is 27.3. The van der Waals surface area contributed by atoms with E-state index >= 15 is 0 Å². The Hall–Kier alpha value is -0.700. The lowest BCUT2D eigenvalue weighted by atomic mass is 10.5. The van der Waals surface area contributed by atoms with Crippen LogP contribution >= 0.6 is 38.9 Å². The summed E-state index contributed by atoms with van der Waals surface area (Å²) in [5.74, 6) is 0.126. The molecular formula is C9H7BrClN3O2S2. The zero-order valence-electron chi connectivity index (χ0n) is 9.02. The van der Waals surface area contributed by atoms with Crippen molar-refractivity contribution in [2.24, 2.45) is 0 Å². The van der Waals surface area contributed by atoms with Gasteiger partial charge in [-0.1, -0.05) is 11.6 Å². The number of sulfonamides is 1. The maximum Gasteiger partial charge on any atom is 0.264 e. The molecule has 0 aliphatic heterocycles. The van der Waals surface area contributed by atoms with Gasteiger partial charge in [0.2, 0.25) is 0 Å². The maximum atomic E-state index is 12.1. The topological polar surface area (TPSA) is 72.0 Å². The third-order valence-corrected chi connectivity index (χ3v) is 5.35. The fourth-order valence-corrected chi connectivity index (χ4v) is 4.76. The van der Waals surface area contributed by atoms with E-state index in [1.807, 2.05) is 0 Å². The quantitative estimate of drug-likeness (QED) is 0.903. The minimum atomic E-state index is -3.65. The molecule has 0 spiro atoms. The molecule has 0 saturated heterocycles. The lowest BCUT2D eigenvalue weighted by Crippen LogP contribution is -2.14. The first-order chi connectivity index (χ1) is 8.38. The summed E-state index contributed by atoms with van der Waals surface area (Å²) in [6.07, 6.45) is 2.53. The third-order valence-electron chi connectivity index (χ3n) is 1.99. The van der Waals surface area contributed by atoms with E-state index < -0.39 is 10.0 Å². The molecule has 0 radical (unpaired) electrons. The first kappa shape index (κ1) is 13.7. The van der Waals surface area contributed by atoms with Gasteiger partial charge in [-0.2, -0.15) is 0 Å². The molecule has 0 fully saturated rings. The van der Waals surface area contributed by atoms with Crippen LogP contribution in [0.4, 0.5) is 5.82 Å². The van der Waals surface area contributed by atoms with Gasteiger partial charge in [-0.3, -0.25) is 4.72 Å². The van der Waals surface area contributed by atoms with Crippen LogP contribution in [-0.2, 0) is 10.0 Å². The zero-order chi connectivity index (χ0) is 13.3. The van der Waals surface area contributed by atoms with Crippen LogP contribution in [0.5, 0.6) is 0 Å². The number of hydrogen-bond donors (Lipinski definition) is 1. The molecule has 0 aliphatic carbocycles. The summed E-state index contributed by atoms with van der Waals surface area (Å²) in [5.41, 5.74) is 0. The smallest absolute Gasteiger partial charge is 0.262 e. The van der Waals surface area contributed by atoms with E-state index in [1.165, 1.54) is 23.7 Å². The van der Waals surface area contributed by atoms with Gasteiger partial charge in [-0.15, -0.1) is 11.3 Å². The molecule has 2 rings (SSSR count). The van der Waals surface area contributed by atoms with Gasteiger partial charge in [0, 0.05) is 4.88 Å². The normalized spacial score (nSPS) is 11.5. The number of nitrogens with one attached hydrogen (secondary N) is 1. The Morgan fingerprint density at radius 3 is 2.61 bits per heavy atom. The van der Waals surface area contributed by atoms with Gasteiger partial charge in [0.25, 0.3) is 10.0 Å². The van der Waals surface area contributed by atoms with E-state index in [0.29, 0.717) is 4.88 Å². The Bertz CT molecular complexity index is 670. The predicted molar refractivity (Wildman–Crippen MR) is 74.6 cm³/mol. The van der Waals surface area contributed by atoms with Crippen LogP contribution in [0.25, 0.3) is 0 Å². The SMILES string of the molecule is Cc1sc(Br)cc1S(=O)(=O)Nc1cnc(Cl)cn1. The van der Waals surface area contributed by atoms with Crippen molar-refractivity contribution >= 4 is 54.7 Å². The molecule has 18 heavy (non-hydrogen) atoms. The number of halogens is 2. The number of thiophene rings is 1. The van der Waals surface area contributed by atoms with Gasteiger partial charge in [0.05, 0.1) is 16.2 Å². The average molecular weight is 369 g/mol. The Morgan fingerprint density at radius 2 is 2.11 bits per heavy atom. The number of anilines is 1. The van der Waals surface area contributed by atoms with Crippen molar-refractivity contribution in [1.29, 1.82) is 0 Å². The van der Waals surface area contributed by atoms with Crippen LogP contribution in [-0.4, -0.2) is 18.4 Å². The fourth-order valence-electron chi connectivity index (χ4n) is 1.26. The van der Waals surface area contributed by atoms with Gasteiger partial charge >= 0.3 is 0 Å². The van der Waals surface area contributed by atoms with Gasteiger partial charge in [-0.25, -0.2) is 18.4 Å². The summed E-state index contributed by atoms with van der Waals surface area (Å²) in [5, 5.41) is 0.201. The highest BCUT2D eigenvalue weighted by molar-refractivity contribution is 9.11. The third kappa shape index (κ3) is 3.00. The second-order valence-corrected chi connectivity index (χ2v) is 7.97. The molecule has 0 bridgehead atoms. The average Bonchev–Trinajstić information content (AvgIpc) is 2.62. The van der Waals surface area contributed by atoms with Crippen LogP contribution in [0, 0.1) is 6.92 Å². The highest BCUT2D eigenvalue weighted by Gasteiger charge is 2.20. The number of rotatable bonds is 3. The van der Waals surface area contributed by atoms with Gasteiger partial charge in [-0.05, 0) is 28.9 Å². The van der Waals surface area contributed by atoms with Crippen LogP contribution in [0.1, 0.15) is 4.88 Å². The molecule has 96 valence electrons. The summed E-state index contributed by atoms with van der Waals surface area (Å²) in [6.45, 7) is 1.73. The number of aryl methyl sites for hydroxylation is 1. The van der Waals surface area contributed by atoms with Crippen LogP contribution < -0.4 is 4.72 Å². The minimum absolute atomic E-state index is 0.126. The van der Waals surface area contributed by atoms with Crippen molar-refractivity contribution in [1.82, 2.24) is 9.97 Å². The molecule has 0 saturated carbocycles. The van der Waals surface area contributed by atoms with E-state index in [2.05, 4.69) is 30.6 Å². The van der Waals surface area contributed by atoms with Crippen LogP contribution in [0.15, 0.2) is 27.1 Å². The van der Waals surface area contributed by atoms with E-state index in [9.17, 15) is 8.42 Å². The summed E-state index contributed by atoms with van der Waals surface area (Å²) in [4.78, 5) is 8.50. The Kier molecular flexibility index (Phi) is 3.90. The molecule has 0 aromatic carbocycles. The minimum Gasteiger partial charge on any atom is -0.262 e. The maximum absolute atomic E-state index is 12.1. The summed E-state index contributed by atoms with van der Waals surface area (Å²) in [7, 11) is -3.65. The number of hydrogen-bond acceptors (Lipinski definition) is 5. The number of aromatic nitrogens is 2. The molecule has 5 nitrogen and oxygen atoms in total. The zero-order valence-corrected chi connectivity index (χ0v) is 13.0. The molecule has 0 aliphatic rings. The second kappa shape index (κ2) is 5.12. The van der Waals surface area contributed by atoms with Gasteiger partial charge in [0.1, 0.15) is 10.0 Å². The van der Waals surface area contributed by atoms with E-state index in [-0.39, 0.29) is 15.9 Å². The first-order valence-corrected chi connectivity index (χ1v) is 8.12. The monoisotopic (exact) mass is 367 g/mol. The van der Waals surface area contributed by atoms with Gasteiger partial charge < -0.3 is 0 Å².